The van der Waals surface area contributed by atoms with Crippen LogP contribution in [0, 0.1) is 0 Å². The molecule has 20 heavy (non-hydrogen) atoms. The fourth-order valence-corrected chi connectivity index (χ4v) is 3.12. The molecule has 0 saturated heterocycles. The molecule has 0 spiro atoms. The molecule has 0 saturated carbocycles. The normalized spacial score (nSPS) is 11.8. The zero-order valence-electron chi connectivity index (χ0n) is 9.92. The maximum absolute atomic E-state index is 13.0. The quantitative estimate of drug-likeness (QED) is 0.288. The molecule has 112 valence electrons. The Balaban J connectivity index is 0.00000200. The average Bonchev–Trinajstić information content (AvgIpc) is 2.55. The number of hydrogen-bond acceptors (Lipinski definition) is 0. The van der Waals surface area contributed by atoms with Gasteiger partial charge in [-0.2, -0.15) is 13.2 Å². The van der Waals surface area contributed by atoms with Crippen molar-refractivity contribution in [3.63, 3.8) is 0 Å². The van der Waals surface area contributed by atoms with Crippen LogP contribution < -0.4 is 9.27 Å². The van der Waals surface area contributed by atoms with Crippen LogP contribution in [0.15, 0.2) is 0 Å². The molecule has 2 nitrogen and oxygen atoms in total. The number of benzene rings is 1. The van der Waals surface area contributed by atoms with Gasteiger partial charge in [0, 0.05) is 0 Å². The molecule has 1 aromatic carbocycles. The summed E-state index contributed by atoms with van der Waals surface area (Å²) in [5.41, 5.74) is 0.159. The zero-order valence-corrected chi connectivity index (χ0v) is 12.9. The van der Waals surface area contributed by atoms with Crippen LogP contribution in [0.5, 0.6) is 0 Å². The van der Waals surface area contributed by atoms with E-state index < -0.39 is 12.0 Å². The van der Waals surface area contributed by atoms with E-state index in [9.17, 15) is 13.2 Å². The van der Waals surface area contributed by atoms with Gasteiger partial charge in [-0.25, -0.2) is 9.13 Å². The molecular weight excluding hydrogens is 366 g/mol. The molecule has 2 rings (SSSR count). The summed E-state index contributed by atoms with van der Waals surface area (Å²) in [4.78, 5) is 0. The van der Waals surface area contributed by atoms with Gasteiger partial charge in [-0.15, -0.1) is 0 Å². The van der Waals surface area contributed by atoms with E-state index in [1.54, 1.807) is 0 Å². The highest BCUT2D eigenvalue weighted by Gasteiger charge is 2.46. The molecule has 0 aliphatic heterocycles. The SMILES string of the molecule is Cn1c(C(F)(F)F)[n+](C)c2c(Cl)c(Cl)c(Cl)c(Cl)c21.[F-]. The number of rotatable bonds is 0. The number of aromatic nitrogens is 2. The smallest absolute Gasteiger partial charge is 0.495 e. The molecule has 0 N–H and O–H groups in total. The lowest BCUT2D eigenvalue weighted by molar-refractivity contribution is -0.667. The second-order valence-electron chi connectivity index (χ2n) is 3.89. The highest BCUT2D eigenvalue weighted by molar-refractivity contribution is 6.54. The lowest BCUT2D eigenvalue weighted by Crippen LogP contribution is -3.00. The van der Waals surface area contributed by atoms with Crippen molar-refractivity contribution in [2.24, 2.45) is 14.1 Å². The molecule has 2 aromatic rings. The van der Waals surface area contributed by atoms with E-state index in [1.807, 2.05) is 0 Å². The molecule has 0 amide bonds. The first-order chi connectivity index (χ1) is 8.59. The van der Waals surface area contributed by atoms with Gasteiger partial charge in [-0.3, -0.25) is 0 Å². The fraction of sp³-hybridized carbons (Fsp3) is 0.300. The second-order valence-corrected chi connectivity index (χ2v) is 5.40. The van der Waals surface area contributed by atoms with Gasteiger partial charge in [-0.05, 0) is 0 Å². The molecule has 0 bridgehead atoms. The van der Waals surface area contributed by atoms with E-state index in [0.717, 1.165) is 9.13 Å². The number of nitrogens with zero attached hydrogens (tertiary/aromatic N) is 2. The molecule has 0 aliphatic carbocycles. The summed E-state index contributed by atoms with van der Waals surface area (Å²) in [6.45, 7) is 0. The number of hydrogen-bond donors (Lipinski definition) is 0. The Morgan fingerprint density at radius 2 is 1.40 bits per heavy atom. The topological polar surface area (TPSA) is 8.81 Å². The maximum atomic E-state index is 13.0. The van der Waals surface area contributed by atoms with E-state index >= 15 is 0 Å². The van der Waals surface area contributed by atoms with E-state index in [0.29, 0.717) is 0 Å². The Morgan fingerprint density at radius 3 is 1.85 bits per heavy atom. The number of alkyl halides is 3. The minimum Gasteiger partial charge on any atom is -1.00 e. The zero-order chi connectivity index (χ0) is 14.7. The molecule has 10 heteroatoms. The molecule has 0 atom stereocenters. The summed E-state index contributed by atoms with van der Waals surface area (Å²) < 4.78 is 40.8. The third-order valence-electron chi connectivity index (χ3n) is 2.78. The van der Waals surface area contributed by atoms with Crippen LogP contribution in [0.3, 0.4) is 0 Å². The van der Waals surface area contributed by atoms with Crippen LogP contribution in [-0.4, -0.2) is 4.57 Å². The Bertz CT molecular complexity index is 642. The molecular formula is C10H6Cl4F4N2. The summed E-state index contributed by atoms with van der Waals surface area (Å²) in [5.74, 6) is -0.912. The number of halogens is 8. The summed E-state index contributed by atoms with van der Waals surface area (Å²) in [7, 11) is 2.47. The largest absolute Gasteiger partial charge is 1.00 e. The highest BCUT2D eigenvalue weighted by atomic mass is 35.5. The maximum Gasteiger partial charge on any atom is 0.495 e. The van der Waals surface area contributed by atoms with Crippen molar-refractivity contribution in [2.45, 2.75) is 6.18 Å². The van der Waals surface area contributed by atoms with Crippen LogP contribution in [-0.2, 0) is 20.3 Å². The van der Waals surface area contributed by atoms with Crippen LogP contribution in [0.2, 0.25) is 20.1 Å². The summed E-state index contributed by atoms with van der Waals surface area (Å²) >= 11 is 23.6. The lowest BCUT2D eigenvalue weighted by atomic mass is 10.3. The first kappa shape index (κ1) is 17.6. The van der Waals surface area contributed by atoms with Crippen molar-refractivity contribution in [1.82, 2.24) is 4.57 Å². The van der Waals surface area contributed by atoms with Crippen LogP contribution in [0.1, 0.15) is 5.82 Å². The average molecular weight is 372 g/mol. The fourth-order valence-electron chi connectivity index (χ4n) is 2.04. The number of fused-ring (bicyclic) bond motifs is 1. The molecule has 1 aromatic heterocycles. The van der Waals surface area contributed by atoms with Crippen molar-refractivity contribution in [3.05, 3.63) is 25.9 Å². The van der Waals surface area contributed by atoms with Crippen molar-refractivity contribution < 1.29 is 22.4 Å². The molecule has 0 aliphatic rings. The highest BCUT2D eigenvalue weighted by Crippen LogP contribution is 2.43. The van der Waals surface area contributed by atoms with Crippen LogP contribution >= 0.6 is 46.4 Å². The monoisotopic (exact) mass is 370 g/mol. The lowest BCUT2D eigenvalue weighted by Gasteiger charge is -2.02. The van der Waals surface area contributed by atoms with E-state index in [4.69, 9.17) is 46.4 Å². The van der Waals surface area contributed by atoms with Gasteiger partial charge in [0.2, 0.25) is 0 Å². The molecule has 0 unspecified atom stereocenters. The Kier molecular flexibility index (Phi) is 4.76. The minimum atomic E-state index is -4.56. The Labute approximate surface area is 130 Å². The Hall–Kier alpha value is -0.430. The summed E-state index contributed by atoms with van der Waals surface area (Å²) in [6, 6.07) is 0. The van der Waals surface area contributed by atoms with Crippen molar-refractivity contribution in [2.75, 3.05) is 0 Å². The third-order valence-corrected chi connectivity index (χ3v) is 4.56. The summed E-state index contributed by atoms with van der Waals surface area (Å²) in [5, 5.41) is -0.286. The summed E-state index contributed by atoms with van der Waals surface area (Å²) in [6.07, 6.45) is -4.56. The van der Waals surface area contributed by atoms with Crippen molar-refractivity contribution in [1.29, 1.82) is 0 Å². The van der Waals surface area contributed by atoms with Gasteiger partial charge in [-0.1, -0.05) is 46.4 Å². The van der Waals surface area contributed by atoms with Gasteiger partial charge in [0.1, 0.15) is 10.0 Å². The van der Waals surface area contributed by atoms with E-state index in [2.05, 4.69) is 0 Å². The molecule has 0 radical (unpaired) electrons. The number of aryl methyl sites for hydroxylation is 2. The van der Waals surface area contributed by atoms with Crippen molar-refractivity contribution >= 4 is 57.4 Å². The number of imidazole rings is 1. The van der Waals surface area contributed by atoms with Gasteiger partial charge >= 0.3 is 12.0 Å². The molecule has 1 heterocycles. The molecule has 0 fully saturated rings. The Morgan fingerprint density at radius 1 is 0.950 bits per heavy atom. The van der Waals surface area contributed by atoms with E-state index in [-0.39, 0.29) is 35.8 Å². The van der Waals surface area contributed by atoms with Crippen molar-refractivity contribution in [3.8, 4) is 0 Å². The van der Waals surface area contributed by atoms with Gasteiger partial charge in [0.05, 0.1) is 24.1 Å². The predicted octanol–water partition coefficient (Wildman–Crippen LogP) is 1.64. The van der Waals surface area contributed by atoms with Gasteiger partial charge in [0.15, 0.2) is 11.0 Å². The second kappa shape index (κ2) is 5.40. The standard InChI is InChI=1S/C10H6Cl4F3N2.FH/c1-18-7-5(13)3(11)4(12)6(14)8(7)19(2)9(18)10(15,16)17;/h1-2H3;1H/q+1;/p-1. The van der Waals surface area contributed by atoms with Crippen LogP contribution in [0.25, 0.3) is 11.0 Å². The van der Waals surface area contributed by atoms with Gasteiger partial charge < -0.3 is 4.70 Å². The van der Waals surface area contributed by atoms with Gasteiger partial charge in [0.25, 0.3) is 0 Å². The minimum absolute atomic E-state index is 0. The first-order valence-corrected chi connectivity index (χ1v) is 6.37. The first-order valence-electron chi connectivity index (χ1n) is 4.86. The third kappa shape index (κ3) is 2.32. The van der Waals surface area contributed by atoms with E-state index in [1.165, 1.54) is 14.1 Å². The van der Waals surface area contributed by atoms with Crippen LogP contribution in [0.4, 0.5) is 13.2 Å². The predicted molar refractivity (Wildman–Crippen MR) is 69.1 cm³/mol.